The molecule has 10 heteroatoms. The molecular weight excluding hydrogens is 385 g/mol. The van der Waals surface area contributed by atoms with E-state index in [1.807, 2.05) is 13.8 Å². The summed E-state index contributed by atoms with van der Waals surface area (Å²) in [5.74, 6) is -1.00. The molecule has 0 saturated carbocycles. The molecule has 0 fully saturated rings. The van der Waals surface area contributed by atoms with E-state index < -0.39 is 17.1 Å². The largest absolute Gasteiger partial charge is 0.351 e. The quantitative estimate of drug-likeness (QED) is 0.295. The average molecular weight is 404 g/mol. The minimum atomic E-state index is -0.685. The predicted molar refractivity (Wildman–Crippen MR) is 104 cm³/mol. The van der Waals surface area contributed by atoms with E-state index in [0.29, 0.717) is 5.69 Å². The molecular formula is C18H19ClFN7O. The molecule has 0 aliphatic heterocycles. The first-order valence-electron chi connectivity index (χ1n) is 8.25. The molecule has 0 spiro atoms. The number of benzene rings is 1. The Labute approximate surface area is 166 Å². The fourth-order valence-corrected chi connectivity index (χ4v) is 2.26. The molecule has 1 amide bonds. The van der Waals surface area contributed by atoms with Crippen molar-refractivity contribution >= 4 is 29.2 Å². The van der Waals surface area contributed by atoms with Crippen LogP contribution in [-0.4, -0.2) is 34.9 Å². The van der Waals surface area contributed by atoms with Crippen molar-refractivity contribution in [2.24, 2.45) is 10.4 Å². The number of aromatic nitrogens is 2. The van der Waals surface area contributed by atoms with Gasteiger partial charge in [-0.05, 0) is 18.2 Å². The van der Waals surface area contributed by atoms with Crippen LogP contribution < -0.4 is 16.0 Å². The number of anilines is 1. The van der Waals surface area contributed by atoms with E-state index in [2.05, 4.69) is 30.9 Å². The van der Waals surface area contributed by atoms with Crippen molar-refractivity contribution < 1.29 is 9.18 Å². The maximum absolute atomic E-state index is 13.8. The standard InChI is InChI=1S/C18H19ClFN7O/c1-18(2,8-24-16(28)14-4-3-12(19)5-15(14)20)9-25-17(26-10-21)27-13-6-22-11-23-7-13/h3-7,11H,8-9H2,1-2H3,(H,24,28)(H2,25,26,27). The lowest BCUT2D eigenvalue weighted by Crippen LogP contribution is -2.37. The second kappa shape index (κ2) is 9.62. The molecule has 2 rings (SSSR count). The molecule has 0 saturated heterocycles. The molecule has 0 aliphatic carbocycles. The zero-order valence-electron chi connectivity index (χ0n) is 15.3. The Morgan fingerprint density at radius 2 is 2.07 bits per heavy atom. The lowest BCUT2D eigenvalue weighted by atomic mass is 9.93. The summed E-state index contributed by atoms with van der Waals surface area (Å²) >= 11 is 5.70. The maximum atomic E-state index is 13.8. The van der Waals surface area contributed by atoms with Gasteiger partial charge in [0, 0.05) is 23.5 Å². The highest BCUT2D eigenvalue weighted by Gasteiger charge is 2.21. The van der Waals surface area contributed by atoms with Gasteiger partial charge in [0.25, 0.3) is 5.91 Å². The highest BCUT2D eigenvalue weighted by atomic mass is 35.5. The number of hydrogen-bond acceptors (Lipinski definition) is 5. The normalized spacial score (nSPS) is 11.5. The Morgan fingerprint density at radius 3 is 2.71 bits per heavy atom. The van der Waals surface area contributed by atoms with Crippen LogP contribution >= 0.6 is 11.6 Å². The molecule has 2 aromatic rings. The molecule has 0 atom stereocenters. The van der Waals surface area contributed by atoms with E-state index in [0.717, 1.165) is 6.07 Å². The van der Waals surface area contributed by atoms with Gasteiger partial charge in [0.2, 0.25) is 5.96 Å². The van der Waals surface area contributed by atoms with Crippen molar-refractivity contribution in [3.8, 4) is 6.19 Å². The molecule has 0 bridgehead atoms. The number of halogens is 2. The van der Waals surface area contributed by atoms with Crippen LogP contribution in [0.2, 0.25) is 5.02 Å². The van der Waals surface area contributed by atoms with Gasteiger partial charge in [0.05, 0.1) is 23.6 Å². The van der Waals surface area contributed by atoms with Crippen LogP contribution in [0.15, 0.2) is 41.9 Å². The van der Waals surface area contributed by atoms with Crippen LogP contribution in [0.1, 0.15) is 24.2 Å². The Morgan fingerprint density at radius 1 is 1.36 bits per heavy atom. The summed E-state index contributed by atoms with van der Waals surface area (Å²) in [5, 5.41) is 17.1. The van der Waals surface area contributed by atoms with Gasteiger partial charge in [-0.15, -0.1) is 0 Å². The van der Waals surface area contributed by atoms with Crippen molar-refractivity contribution in [2.75, 3.05) is 18.4 Å². The molecule has 0 radical (unpaired) electrons. The number of amides is 1. The molecule has 146 valence electrons. The summed E-state index contributed by atoms with van der Waals surface area (Å²) in [5.41, 5.74) is 0.0186. The molecule has 1 aromatic heterocycles. The number of carbonyl (C=O) groups excluding carboxylic acids is 1. The first-order valence-corrected chi connectivity index (χ1v) is 8.63. The summed E-state index contributed by atoms with van der Waals surface area (Å²) < 4.78 is 13.8. The number of hydrogen-bond donors (Lipinski definition) is 3. The second-order valence-electron chi connectivity index (χ2n) is 6.62. The highest BCUT2D eigenvalue weighted by Crippen LogP contribution is 2.17. The Balaban J connectivity index is 1.97. The van der Waals surface area contributed by atoms with Gasteiger partial charge in [-0.2, -0.15) is 5.26 Å². The monoisotopic (exact) mass is 403 g/mol. The van der Waals surface area contributed by atoms with E-state index in [-0.39, 0.29) is 29.6 Å². The number of guanidine groups is 1. The van der Waals surface area contributed by atoms with Gasteiger partial charge >= 0.3 is 0 Å². The van der Waals surface area contributed by atoms with E-state index in [1.54, 1.807) is 6.19 Å². The van der Waals surface area contributed by atoms with Crippen molar-refractivity contribution in [2.45, 2.75) is 13.8 Å². The first kappa shape index (κ1) is 21.1. The number of rotatable bonds is 6. The zero-order chi connectivity index (χ0) is 20.6. The van der Waals surface area contributed by atoms with Gasteiger partial charge in [-0.3, -0.25) is 15.1 Å². The minimum Gasteiger partial charge on any atom is -0.351 e. The van der Waals surface area contributed by atoms with Crippen molar-refractivity contribution in [3.05, 3.63) is 53.3 Å². The lowest BCUT2D eigenvalue weighted by Gasteiger charge is -2.23. The van der Waals surface area contributed by atoms with E-state index >= 15 is 0 Å². The van der Waals surface area contributed by atoms with Gasteiger partial charge in [-0.25, -0.2) is 14.4 Å². The number of nitriles is 1. The average Bonchev–Trinajstić information content (AvgIpc) is 2.65. The molecule has 0 aliphatic rings. The Bertz CT molecular complexity index is 897. The maximum Gasteiger partial charge on any atom is 0.254 e. The molecule has 8 nitrogen and oxygen atoms in total. The number of aliphatic imine (C=N–C) groups is 1. The summed E-state index contributed by atoms with van der Waals surface area (Å²) in [4.78, 5) is 24.3. The number of nitrogens with zero attached hydrogens (tertiary/aromatic N) is 4. The number of nitrogens with one attached hydrogen (secondary N) is 3. The highest BCUT2D eigenvalue weighted by molar-refractivity contribution is 6.30. The summed E-state index contributed by atoms with van der Waals surface area (Å²) in [6, 6.07) is 3.87. The third-order valence-corrected chi connectivity index (χ3v) is 3.80. The fourth-order valence-electron chi connectivity index (χ4n) is 2.10. The van der Waals surface area contributed by atoms with Crippen molar-refractivity contribution in [1.29, 1.82) is 5.26 Å². The second-order valence-corrected chi connectivity index (χ2v) is 7.06. The lowest BCUT2D eigenvalue weighted by molar-refractivity contribution is 0.0934. The summed E-state index contributed by atoms with van der Waals surface area (Å²) in [6.07, 6.45) is 6.26. The molecule has 0 unspecified atom stereocenters. The number of carbonyl (C=O) groups is 1. The summed E-state index contributed by atoms with van der Waals surface area (Å²) in [7, 11) is 0. The fraction of sp³-hybridized carbons (Fsp3) is 0.278. The SMILES string of the molecule is CC(C)(CN=C(NC#N)Nc1cncnc1)CNC(=O)c1ccc(Cl)cc1F. The Kier molecular flexibility index (Phi) is 7.23. The van der Waals surface area contributed by atoms with Gasteiger partial charge in [0.1, 0.15) is 12.1 Å². The van der Waals surface area contributed by atoms with E-state index in [1.165, 1.54) is 30.9 Å². The smallest absolute Gasteiger partial charge is 0.254 e. The summed E-state index contributed by atoms with van der Waals surface area (Å²) in [6.45, 7) is 4.28. The van der Waals surface area contributed by atoms with Crippen LogP contribution in [0.3, 0.4) is 0 Å². The van der Waals surface area contributed by atoms with Crippen LogP contribution in [-0.2, 0) is 0 Å². The Hall–Kier alpha value is -3.25. The van der Waals surface area contributed by atoms with Crippen molar-refractivity contribution in [1.82, 2.24) is 20.6 Å². The van der Waals surface area contributed by atoms with Gasteiger partial charge in [-0.1, -0.05) is 25.4 Å². The van der Waals surface area contributed by atoms with Crippen molar-refractivity contribution in [3.63, 3.8) is 0 Å². The van der Waals surface area contributed by atoms with Crippen LogP contribution in [0, 0.1) is 22.7 Å². The third kappa shape index (κ3) is 6.48. The third-order valence-electron chi connectivity index (χ3n) is 3.57. The molecule has 28 heavy (non-hydrogen) atoms. The van der Waals surface area contributed by atoms with E-state index in [9.17, 15) is 9.18 Å². The topological polar surface area (TPSA) is 115 Å². The van der Waals surface area contributed by atoms with Gasteiger partial charge in [0.15, 0.2) is 6.19 Å². The van der Waals surface area contributed by atoms with Gasteiger partial charge < -0.3 is 10.6 Å². The van der Waals surface area contributed by atoms with Crippen LogP contribution in [0.4, 0.5) is 10.1 Å². The minimum absolute atomic E-state index is 0.0821. The zero-order valence-corrected chi connectivity index (χ0v) is 16.1. The van der Waals surface area contributed by atoms with Crippen LogP contribution in [0.25, 0.3) is 0 Å². The molecule has 1 aromatic carbocycles. The predicted octanol–water partition coefficient (Wildman–Crippen LogP) is 2.56. The van der Waals surface area contributed by atoms with Crippen LogP contribution in [0.5, 0.6) is 0 Å². The molecule has 1 heterocycles. The first-order chi connectivity index (χ1) is 13.3. The van der Waals surface area contributed by atoms with E-state index in [4.69, 9.17) is 16.9 Å². The molecule has 3 N–H and O–H groups in total.